The van der Waals surface area contributed by atoms with Gasteiger partial charge in [-0.2, -0.15) is 5.10 Å². The molecule has 3 N–H and O–H groups in total. The minimum atomic E-state index is -0.684. The Hall–Kier alpha value is -1.91. The predicted molar refractivity (Wildman–Crippen MR) is 49.3 cm³/mol. The number of hydrogen-bond acceptors (Lipinski definition) is 3. The maximum Gasteiger partial charge on any atom is 0.332 e. The molecule has 1 aromatic heterocycles. The third-order valence-corrected chi connectivity index (χ3v) is 1.32. The molecular weight excluding hydrogens is 168 g/mol. The van der Waals surface area contributed by atoms with Crippen molar-refractivity contribution < 1.29 is 4.79 Å². The van der Waals surface area contributed by atoms with Crippen LogP contribution in [0, 0.1) is 6.92 Å². The molecule has 0 spiro atoms. The van der Waals surface area contributed by atoms with Crippen molar-refractivity contribution in [1.29, 1.82) is 0 Å². The largest absolute Gasteiger partial charge is 0.350 e. The number of aryl methyl sites for hydroxylation is 1. The van der Waals surface area contributed by atoms with Gasteiger partial charge in [-0.05, 0) is 13.0 Å². The molecule has 1 rings (SSSR count). The molecule has 0 radical (unpaired) electrons. The summed E-state index contributed by atoms with van der Waals surface area (Å²) in [5, 5.41) is 3.58. The molecule has 5 heteroatoms. The summed E-state index contributed by atoms with van der Waals surface area (Å²) < 4.78 is 0. The molecule has 13 heavy (non-hydrogen) atoms. The first-order chi connectivity index (χ1) is 6.18. The average Bonchev–Trinajstić information content (AvgIpc) is 2.08. The van der Waals surface area contributed by atoms with Crippen molar-refractivity contribution in [1.82, 2.24) is 10.4 Å². The van der Waals surface area contributed by atoms with Crippen LogP contribution < -0.4 is 11.2 Å². The number of nitrogens with one attached hydrogen (secondary N) is 1. The maximum absolute atomic E-state index is 10.2. The van der Waals surface area contributed by atoms with E-state index in [2.05, 4.69) is 15.5 Å². The molecule has 68 valence electrons. The number of nitrogens with two attached hydrogens (primary N) is 1. The summed E-state index contributed by atoms with van der Waals surface area (Å²) in [6, 6.07) is 3.01. The topological polar surface area (TPSA) is 80.4 Å². The minimum absolute atomic E-state index is 0.684. The number of carbonyl (C=O) groups is 1. The summed E-state index contributed by atoms with van der Waals surface area (Å²) in [5.74, 6) is 0. The van der Waals surface area contributed by atoms with Crippen LogP contribution in [0.5, 0.6) is 0 Å². The fraction of sp³-hybridized carbons (Fsp3) is 0.125. The first kappa shape index (κ1) is 9.18. The van der Waals surface area contributed by atoms with Gasteiger partial charge in [0.15, 0.2) is 0 Å². The minimum Gasteiger partial charge on any atom is -0.350 e. The molecule has 0 fully saturated rings. The lowest BCUT2D eigenvalue weighted by molar-refractivity contribution is 0.249. The van der Waals surface area contributed by atoms with Gasteiger partial charge >= 0.3 is 6.03 Å². The lowest BCUT2D eigenvalue weighted by atomic mass is 10.3. The molecule has 0 aliphatic carbocycles. The van der Waals surface area contributed by atoms with Crippen molar-refractivity contribution in [3.05, 3.63) is 29.6 Å². The van der Waals surface area contributed by atoms with Crippen molar-refractivity contribution >= 4 is 12.2 Å². The molecule has 0 atom stereocenters. The molecule has 2 amide bonds. The number of primary amides is 1. The van der Waals surface area contributed by atoms with Crippen LogP contribution in [0.2, 0.25) is 0 Å². The number of rotatable bonds is 2. The fourth-order valence-corrected chi connectivity index (χ4v) is 0.726. The fourth-order valence-electron chi connectivity index (χ4n) is 0.726. The Morgan fingerprint density at radius 3 is 3.00 bits per heavy atom. The average molecular weight is 178 g/mol. The van der Waals surface area contributed by atoms with E-state index in [0.717, 1.165) is 11.3 Å². The van der Waals surface area contributed by atoms with Crippen molar-refractivity contribution in [3.8, 4) is 0 Å². The lowest BCUT2D eigenvalue weighted by Crippen LogP contribution is -2.24. The zero-order chi connectivity index (χ0) is 9.68. The SMILES string of the molecule is Cc1ccc(/C=N/NC(N)=O)cn1. The monoisotopic (exact) mass is 178 g/mol. The summed E-state index contributed by atoms with van der Waals surface area (Å²) in [6.07, 6.45) is 3.12. The summed E-state index contributed by atoms with van der Waals surface area (Å²) in [7, 11) is 0. The Morgan fingerprint density at radius 1 is 1.69 bits per heavy atom. The molecular formula is C8H10N4O. The molecule has 0 saturated heterocycles. The standard InChI is InChI=1S/C8H10N4O/c1-6-2-3-7(4-10-6)5-11-12-8(9)13/h2-5H,1H3,(H3,9,12,13)/b11-5+. The summed E-state index contributed by atoms with van der Waals surface area (Å²) in [4.78, 5) is 14.3. The van der Waals surface area contributed by atoms with Crippen LogP contribution >= 0.6 is 0 Å². The van der Waals surface area contributed by atoms with Gasteiger partial charge in [0.25, 0.3) is 0 Å². The van der Waals surface area contributed by atoms with Crippen LogP contribution in [0.3, 0.4) is 0 Å². The van der Waals surface area contributed by atoms with Crippen LogP contribution in [0.15, 0.2) is 23.4 Å². The van der Waals surface area contributed by atoms with Gasteiger partial charge in [-0.1, -0.05) is 6.07 Å². The molecule has 0 bridgehead atoms. The Balaban J connectivity index is 2.59. The highest BCUT2D eigenvalue weighted by Crippen LogP contribution is 1.94. The van der Waals surface area contributed by atoms with Crippen LogP contribution in [-0.2, 0) is 0 Å². The molecule has 0 aromatic carbocycles. The van der Waals surface area contributed by atoms with E-state index in [1.54, 1.807) is 6.20 Å². The van der Waals surface area contributed by atoms with Crippen LogP contribution in [-0.4, -0.2) is 17.2 Å². The molecule has 0 unspecified atom stereocenters. The maximum atomic E-state index is 10.2. The number of pyridine rings is 1. The molecule has 1 aromatic rings. The van der Waals surface area contributed by atoms with Crippen LogP contribution in [0.4, 0.5) is 4.79 Å². The quantitative estimate of drug-likeness (QED) is 0.507. The van der Waals surface area contributed by atoms with E-state index in [4.69, 9.17) is 5.73 Å². The van der Waals surface area contributed by atoms with Gasteiger partial charge in [-0.15, -0.1) is 0 Å². The van der Waals surface area contributed by atoms with E-state index < -0.39 is 6.03 Å². The predicted octanol–water partition coefficient (Wildman–Crippen LogP) is 0.392. The van der Waals surface area contributed by atoms with Gasteiger partial charge in [0.2, 0.25) is 0 Å². The van der Waals surface area contributed by atoms with Gasteiger partial charge in [0.05, 0.1) is 6.21 Å². The third-order valence-electron chi connectivity index (χ3n) is 1.32. The summed E-state index contributed by atoms with van der Waals surface area (Å²) in [6.45, 7) is 1.89. The van der Waals surface area contributed by atoms with Gasteiger partial charge in [-0.3, -0.25) is 4.98 Å². The Labute approximate surface area is 75.7 Å². The molecule has 0 aliphatic rings. The number of carbonyl (C=O) groups excluding carboxylic acids is 1. The van der Waals surface area contributed by atoms with E-state index in [-0.39, 0.29) is 0 Å². The van der Waals surface area contributed by atoms with E-state index in [0.29, 0.717) is 0 Å². The number of amides is 2. The number of urea groups is 1. The zero-order valence-electron chi connectivity index (χ0n) is 7.19. The van der Waals surface area contributed by atoms with Crippen LogP contribution in [0.1, 0.15) is 11.3 Å². The molecule has 5 nitrogen and oxygen atoms in total. The Bertz CT molecular complexity index is 317. The lowest BCUT2D eigenvalue weighted by Gasteiger charge is -1.93. The van der Waals surface area contributed by atoms with Gasteiger partial charge in [0, 0.05) is 17.5 Å². The second kappa shape index (κ2) is 4.20. The van der Waals surface area contributed by atoms with Gasteiger partial charge < -0.3 is 5.73 Å². The molecule has 0 saturated carbocycles. The van der Waals surface area contributed by atoms with E-state index in [1.807, 2.05) is 19.1 Å². The molecule has 0 aliphatic heterocycles. The third kappa shape index (κ3) is 3.33. The smallest absolute Gasteiger partial charge is 0.332 e. The Kier molecular flexibility index (Phi) is 2.97. The second-order valence-electron chi connectivity index (χ2n) is 2.47. The highest BCUT2D eigenvalue weighted by Gasteiger charge is 1.88. The highest BCUT2D eigenvalue weighted by molar-refractivity contribution is 5.80. The molecule has 1 heterocycles. The van der Waals surface area contributed by atoms with E-state index in [9.17, 15) is 4.79 Å². The van der Waals surface area contributed by atoms with Gasteiger partial charge in [0.1, 0.15) is 0 Å². The normalized spacial score (nSPS) is 10.2. The first-order valence-corrected chi connectivity index (χ1v) is 3.69. The van der Waals surface area contributed by atoms with Crippen molar-refractivity contribution in [2.24, 2.45) is 10.8 Å². The van der Waals surface area contributed by atoms with Crippen molar-refractivity contribution in [2.75, 3.05) is 0 Å². The zero-order valence-corrected chi connectivity index (χ0v) is 7.19. The van der Waals surface area contributed by atoms with Gasteiger partial charge in [-0.25, -0.2) is 10.2 Å². The van der Waals surface area contributed by atoms with Crippen molar-refractivity contribution in [3.63, 3.8) is 0 Å². The number of hydrogen-bond donors (Lipinski definition) is 2. The highest BCUT2D eigenvalue weighted by atomic mass is 16.2. The Morgan fingerprint density at radius 2 is 2.46 bits per heavy atom. The van der Waals surface area contributed by atoms with Crippen molar-refractivity contribution in [2.45, 2.75) is 6.92 Å². The second-order valence-corrected chi connectivity index (χ2v) is 2.47. The number of hydrazone groups is 1. The first-order valence-electron chi connectivity index (χ1n) is 3.69. The number of nitrogens with zero attached hydrogens (tertiary/aromatic N) is 2. The summed E-state index contributed by atoms with van der Waals surface area (Å²) >= 11 is 0. The summed E-state index contributed by atoms with van der Waals surface area (Å²) in [5.41, 5.74) is 8.63. The van der Waals surface area contributed by atoms with E-state index in [1.165, 1.54) is 6.21 Å². The number of aromatic nitrogens is 1. The van der Waals surface area contributed by atoms with E-state index >= 15 is 0 Å². The van der Waals surface area contributed by atoms with Crippen LogP contribution in [0.25, 0.3) is 0 Å².